The third-order valence-electron chi connectivity index (χ3n) is 3.47. The van der Waals surface area contributed by atoms with Crippen LogP contribution in [-0.2, 0) is 13.0 Å². The predicted octanol–water partition coefficient (Wildman–Crippen LogP) is 4.40. The smallest absolute Gasteiger partial charge is 0.0429 e. The second-order valence-corrected chi connectivity index (χ2v) is 5.70. The Balaban J connectivity index is 1.86. The monoisotopic (exact) mass is 301 g/mol. The van der Waals surface area contributed by atoms with Gasteiger partial charge >= 0.3 is 0 Å². The van der Waals surface area contributed by atoms with Crippen molar-refractivity contribution in [3.8, 4) is 0 Å². The van der Waals surface area contributed by atoms with Gasteiger partial charge in [-0.15, -0.1) is 0 Å². The van der Waals surface area contributed by atoms with E-state index in [2.05, 4.69) is 69.4 Å². The molecule has 0 saturated heterocycles. The number of halogens is 1. The van der Waals surface area contributed by atoms with Crippen LogP contribution in [0.15, 0.2) is 53.0 Å². The summed E-state index contributed by atoms with van der Waals surface area (Å²) in [4.78, 5) is 2.49. The molecular weight excluding hydrogens is 286 g/mol. The summed E-state index contributed by atoms with van der Waals surface area (Å²) in [6, 6.07) is 17.4. The molecule has 0 bridgehead atoms. The van der Waals surface area contributed by atoms with Gasteiger partial charge in [-0.05, 0) is 42.2 Å². The van der Waals surface area contributed by atoms with Crippen LogP contribution in [0.1, 0.15) is 17.5 Å². The zero-order valence-electron chi connectivity index (χ0n) is 10.3. The molecule has 0 saturated carbocycles. The van der Waals surface area contributed by atoms with E-state index in [9.17, 15) is 0 Å². The molecule has 0 spiro atoms. The lowest BCUT2D eigenvalue weighted by molar-refractivity contribution is 0.691. The van der Waals surface area contributed by atoms with E-state index in [1.807, 2.05) is 0 Å². The maximum atomic E-state index is 3.54. The Morgan fingerprint density at radius 1 is 1.06 bits per heavy atom. The van der Waals surface area contributed by atoms with Crippen molar-refractivity contribution in [3.05, 3.63) is 64.1 Å². The van der Waals surface area contributed by atoms with Gasteiger partial charge in [0.25, 0.3) is 0 Å². The Kier molecular flexibility index (Phi) is 3.37. The molecule has 0 aromatic heterocycles. The van der Waals surface area contributed by atoms with Gasteiger partial charge in [-0.3, -0.25) is 0 Å². The van der Waals surface area contributed by atoms with Crippen LogP contribution in [0.4, 0.5) is 5.69 Å². The lowest BCUT2D eigenvalue weighted by atomic mass is 10.0. The lowest BCUT2D eigenvalue weighted by Gasteiger charge is -2.31. The van der Waals surface area contributed by atoms with E-state index in [1.165, 1.54) is 29.7 Å². The SMILES string of the molecule is Brc1cccc(CN2CCCc3ccccc32)c1. The van der Waals surface area contributed by atoms with Crippen LogP contribution in [-0.4, -0.2) is 6.54 Å². The van der Waals surface area contributed by atoms with Gasteiger partial charge in [0.2, 0.25) is 0 Å². The van der Waals surface area contributed by atoms with Gasteiger partial charge in [-0.1, -0.05) is 46.3 Å². The highest BCUT2D eigenvalue weighted by atomic mass is 79.9. The molecule has 18 heavy (non-hydrogen) atoms. The number of fused-ring (bicyclic) bond motifs is 1. The second kappa shape index (κ2) is 5.15. The second-order valence-electron chi connectivity index (χ2n) is 4.78. The Bertz CT molecular complexity index is 550. The van der Waals surface area contributed by atoms with E-state index in [0.29, 0.717) is 0 Å². The van der Waals surface area contributed by atoms with Crippen LogP contribution in [0, 0.1) is 0 Å². The number of aryl methyl sites for hydroxylation is 1. The molecule has 0 atom stereocenters. The maximum absolute atomic E-state index is 3.54. The van der Waals surface area contributed by atoms with Crippen molar-refractivity contribution in [3.63, 3.8) is 0 Å². The molecule has 0 fully saturated rings. The summed E-state index contributed by atoms with van der Waals surface area (Å²) < 4.78 is 1.16. The fourth-order valence-corrected chi connectivity index (χ4v) is 3.08. The molecule has 3 rings (SSSR count). The summed E-state index contributed by atoms with van der Waals surface area (Å²) in [5.74, 6) is 0. The number of para-hydroxylation sites is 1. The summed E-state index contributed by atoms with van der Waals surface area (Å²) in [5, 5.41) is 0. The minimum atomic E-state index is 0.996. The number of anilines is 1. The van der Waals surface area contributed by atoms with E-state index < -0.39 is 0 Å². The predicted molar refractivity (Wildman–Crippen MR) is 80.0 cm³/mol. The summed E-state index contributed by atoms with van der Waals surface area (Å²) in [7, 11) is 0. The summed E-state index contributed by atoms with van der Waals surface area (Å²) >= 11 is 3.54. The third-order valence-corrected chi connectivity index (χ3v) is 3.96. The lowest BCUT2D eigenvalue weighted by Crippen LogP contribution is -2.28. The molecule has 92 valence electrons. The summed E-state index contributed by atoms with van der Waals surface area (Å²) in [6.45, 7) is 2.15. The van der Waals surface area contributed by atoms with Gasteiger partial charge in [0.1, 0.15) is 0 Å². The molecule has 2 heteroatoms. The van der Waals surface area contributed by atoms with E-state index >= 15 is 0 Å². The summed E-state index contributed by atoms with van der Waals surface area (Å²) in [5.41, 5.74) is 4.25. The highest BCUT2D eigenvalue weighted by molar-refractivity contribution is 9.10. The molecule has 2 aromatic rings. The van der Waals surface area contributed by atoms with Crippen LogP contribution < -0.4 is 4.90 Å². The molecule has 1 aliphatic heterocycles. The van der Waals surface area contributed by atoms with Crippen LogP contribution in [0.3, 0.4) is 0 Å². The Morgan fingerprint density at radius 3 is 2.83 bits per heavy atom. The molecule has 2 aromatic carbocycles. The van der Waals surface area contributed by atoms with E-state index in [1.54, 1.807) is 0 Å². The average molecular weight is 302 g/mol. The van der Waals surface area contributed by atoms with Gasteiger partial charge in [-0.25, -0.2) is 0 Å². The van der Waals surface area contributed by atoms with Crippen LogP contribution in [0.25, 0.3) is 0 Å². The molecule has 1 nitrogen and oxygen atoms in total. The van der Waals surface area contributed by atoms with Crippen molar-refractivity contribution in [2.75, 3.05) is 11.4 Å². The van der Waals surface area contributed by atoms with Crippen LogP contribution in [0.2, 0.25) is 0 Å². The number of rotatable bonds is 2. The van der Waals surface area contributed by atoms with E-state index in [-0.39, 0.29) is 0 Å². The topological polar surface area (TPSA) is 3.24 Å². The molecule has 0 unspecified atom stereocenters. The van der Waals surface area contributed by atoms with Crippen LogP contribution >= 0.6 is 15.9 Å². The van der Waals surface area contributed by atoms with Crippen molar-refractivity contribution in [1.82, 2.24) is 0 Å². The first-order valence-corrected chi connectivity index (χ1v) is 7.19. The Hall–Kier alpha value is -1.28. The number of hydrogen-bond acceptors (Lipinski definition) is 1. The molecule has 0 aliphatic carbocycles. The molecule has 1 aliphatic rings. The fraction of sp³-hybridized carbons (Fsp3) is 0.250. The molecule has 0 amide bonds. The maximum Gasteiger partial charge on any atom is 0.0429 e. The fourth-order valence-electron chi connectivity index (χ4n) is 2.63. The van der Waals surface area contributed by atoms with Crippen molar-refractivity contribution in [2.45, 2.75) is 19.4 Å². The minimum absolute atomic E-state index is 0.996. The largest absolute Gasteiger partial charge is 0.367 e. The number of nitrogens with zero attached hydrogens (tertiary/aromatic N) is 1. The zero-order chi connectivity index (χ0) is 12.4. The molecule has 1 heterocycles. The highest BCUT2D eigenvalue weighted by Gasteiger charge is 2.16. The number of hydrogen-bond donors (Lipinski definition) is 0. The van der Waals surface area contributed by atoms with Crippen molar-refractivity contribution in [1.29, 1.82) is 0 Å². The van der Waals surface area contributed by atoms with Gasteiger partial charge in [0, 0.05) is 23.2 Å². The van der Waals surface area contributed by atoms with Gasteiger partial charge in [-0.2, -0.15) is 0 Å². The van der Waals surface area contributed by atoms with Gasteiger partial charge in [0.05, 0.1) is 0 Å². The Morgan fingerprint density at radius 2 is 1.94 bits per heavy atom. The standard InChI is InChI=1S/C16H16BrN/c17-15-8-3-5-13(11-15)12-18-10-4-7-14-6-1-2-9-16(14)18/h1-3,5-6,8-9,11H,4,7,10,12H2. The number of benzene rings is 2. The Labute approximate surface area is 117 Å². The van der Waals surface area contributed by atoms with Crippen molar-refractivity contribution in [2.24, 2.45) is 0 Å². The average Bonchev–Trinajstić information content (AvgIpc) is 2.39. The van der Waals surface area contributed by atoms with Gasteiger partial charge in [0.15, 0.2) is 0 Å². The highest BCUT2D eigenvalue weighted by Crippen LogP contribution is 2.28. The normalized spacial score (nSPS) is 14.4. The first-order chi connectivity index (χ1) is 8.83. The van der Waals surface area contributed by atoms with Gasteiger partial charge < -0.3 is 4.90 Å². The van der Waals surface area contributed by atoms with Crippen molar-refractivity contribution >= 4 is 21.6 Å². The minimum Gasteiger partial charge on any atom is -0.367 e. The molecular formula is C16H16BrN. The zero-order valence-corrected chi connectivity index (χ0v) is 11.9. The summed E-state index contributed by atoms with van der Waals surface area (Å²) in [6.07, 6.45) is 2.47. The first-order valence-electron chi connectivity index (χ1n) is 6.40. The molecule has 0 N–H and O–H groups in total. The van der Waals surface area contributed by atoms with Crippen molar-refractivity contribution < 1.29 is 0 Å². The van der Waals surface area contributed by atoms with Crippen LogP contribution in [0.5, 0.6) is 0 Å². The van der Waals surface area contributed by atoms with E-state index in [0.717, 1.165) is 17.6 Å². The third kappa shape index (κ3) is 2.44. The quantitative estimate of drug-likeness (QED) is 0.794. The first kappa shape index (κ1) is 11.8. The van der Waals surface area contributed by atoms with E-state index in [4.69, 9.17) is 0 Å². The molecule has 0 radical (unpaired) electrons.